The Morgan fingerprint density at radius 1 is 1.27 bits per heavy atom. The van der Waals surface area contributed by atoms with Gasteiger partial charge in [0.2, 0.25) is 0 Å². The van der Waals surface area contributed by atoms with Gasteiger partial charge in [-0.25, -0.2) is 4.39 Å². The van der Waals surface area contributed by atoms with Crippen molar-refractivity contribution in [3.8, 4) is 0 Å². The van der Waals surface area contributed by atoms with Gasteiger partial charge in [0.1, 0.15) is 11.6 Å². The normalized spacial score (nSPS) is 12.7. The number of hydrogen-bond acceptors (Lipinski definition) is 2. The minimum absolute atomic E-state index is 0.298. The molecule has 2 rings (SSSR count). The zero-order chi connectivity index (χ0) is 10.8. The highest BCUT2D eigenvalue weighted by Gasteiger charge is 2.13. The van der Waals surface area contributed by atoms with Crippen molar-refractivity contribution in [1.82, 2.24) is 0 Å². The minimum Gasteiger partial charge on any atom is -0.452 e. The molecule has 0 saturated carbocycles. The molecule has 4 heteroatoms. The molecule has 0 saturated heterocycles. The van der Waals surface area contributed by atoms with Crippen LogP contribution in [0.1, 0.15) is 17.4 Å². The summed E-state index contributed by atoms with van der Waals surface area (Å²) >= 11 is 3.19. The topological polar surface area (TPSA) is 39.2 Å². The van der Waals surface area contributed by atoms with Crippen LogP contribution in [-0.4, -0.2) is 0 Å². The van der Waals surface area contributed by atoms with Crippen LogP contribution in [0.15, 0.2) is 45.5 Å². The monoisotopic (exact) mass is 269 g/mol. The van der Waals surface area contributed by atoms with Crippen LogP contribution in [0.4, 0.5) is 4.39 Å². The van der Waals surface area contributed by atoms with E-state index in [4.69, 9.17) is 10.2 Å². The molecule has 1 heterocycles. The molecule has 2 N–H and O–H groups in total. The summed E-state index contributed by atoms with van der Waals surface area (Å²) in [6, 6.07) is 9.27. The molecule has 0 radical (unpaired) electrons. The highest BCUT2D eigenvalue weighted by molar-refractivity contribution is 9.10. The number of benzene rings is 1. The fourth-order valence-corrected chi connectivity index (χ4v) is 1.68. The van der Waals surface area contributed by atoms with Gasteiger partial charge in [0, 0.05) is 0 Å². The molecule has 1 aromatic heterocycles. The van der Waals surface area contributed by atoms with Gasteiger partial charge in [-0.15, -0.1) is 0 Å². The quantitative estimate of drug-likeness (QED) is 0.909. The maximum Gasteiger partial charge on any atom is 0.169 e. The average Bonchev–Trinajstić information content (AvgIpc) is 2.64. The summed E-state index contributed by atoms with van der Waals surface area (Å²) in [5, 5.41) is 0. The second-order valence-electron chi connectivity index (χ2n) is 3.17. The predicted molar refractivity (Wildman–Crippen MR) is 58.8 cm³/mol. The predicted octanol–water partition coefficient (Wildman–Crippen LogP) is 3.23. The van der Waals surface area contributed by atoms with E-state index in [2.05, 4.69) is 15.9 Å². The van der Waals surface area contributed by atoms with Gasteiger partial charge in [0.15, 0.2) is 4.67 Å². The molecule has 0 fully saturated rings. The van der Waals surface area contributed by atoms with Gasteiger partial charge in [0.05, 0.1) is 6.04 Å². The lowest BCUT2D eigenvalue weighted by atomic mass is 10.1. The molecule has 1 aromatic carbocycles. The molecule has 0 aliphatic heterocycles. The Balaban J connectivity index is 2.32. The Morgan fingerprint density at radius 2 is 2.07 bits per heavy atom. The highest BCUT2D eigenvalue weighted by Crippen LogP contribution is 2.24. The van der Waals surface area contributed by atoms with Crippen LogP contribution in [0.2, 0.25) is 0 Å². The number of halogens is 2. The third kappa shape index (κ3) is 2.27. The minimum atomic E-state index is -0.438. The molecular weight excluding hydrogens is 261 g/mol. The largest absolute Gasteiger partial charge is 0.452 e. The van der Waals surface area contributed by atoms with Crippen LogP contribution < -0.4 is 5.73 Å². The van der Waals surface area contributed by atoms with Crippen LogP contribution in [0.25, 0.3) is 0 Å². The van der Waals surface area contributed by atoms with Crippen molar-refractivity contribution in [2.75, 3.05) is 0 Å². The average molecular weight is 270 g/mol. The first-order valence-electron chi connectivity index (χ1n) is 4.43. The fourth-order valence-electron chi connectivity index (χ4n) is 1.36. The summed E-state index contributed by atoms with van der Waals surface area (Å²) in [5.41, 5.74) is 6.61. The summed E-state index contributed by atoms with van der Waals surface area (Å²) in [6.45, 7) is 0. The zero-order valence-electron chi connectivity index (χ0n) is 7.78. The first kappa shape index (κ1) is 10.4. The standard InChI is InChI=1S/C11H9BrFNO/c12-10-5-4-9(15-10)11(14)7-2-1-3-8(13)6-7/h1-6,11H,14H2. The Labute approximate surface area is 95.0 Å². The Kier molecular flexibility index (Phi) is 2.88. The summed E-state index contributed by atoms with van der Waals surface area (Å²) in [6.07, 6.45) is 0. The van der Waals surface area contributed by atoms with Gasteiger partial charge in [-0.3, -0.25) is 0 Å². The lowest BCUT2D eigenvalue weighted by Gasteiger charge is -2.08. The molecule has 0 amide bonds. The molecule has 1 unspecified atom stereocenters. The van der Waals surface area contributed by atoms with Crippen molar-refractivity contribution in [2.45, 2.75) is 6.04 Å². The number of rotatable bonds is 2. The molecule has 0 aliphatic carbocycles. The maximum absolute atomic E-state index is 13.0. The van der Waals surface area contributed by atoms with Gasteiger partial charge >= 0.3 is 0 Å². The number of furan rings is 1. The Bertz CT molecular complexity index is 469. The van der Waals surface area contributed by atoms with Gasteiger partial charge in [-0.1, -0.05) is 12.1 Å². The molecule has 2 nitrogen and oxygen atoms in total. The van der Waals surface area contributed by atoms with E-state index < -0.39 is 6.04 Å². The number of hydrogen-bond donors (Lipinski definition) is 1. The van der Waals surface area contributed by atoms with Crippen LogP contribution in [0.5, 0.6) is 0 Å². The van der Waals surface area contributed by atoms with Crippen molar-refractivity contribution < 1.29 is 8.81 Å². The summed E-state index contributed by atoms with van der Waals surface area (Å²) in [5.74, 6) is 0.307. The lowest BCUT2D eigenvalue weighted by Crippen LogP contribution is -2.10. The second kappa shape index (κ2) is 4.16. The first-order chi connectivity index (χ1) is 7.16. The van der Waals surface area contributed by atoms with E-state index >= 15 is 0 Å². The first-order valence-corrected chi connectivity index (χ1v) is 5.22. The van der Waals surface area contributed by atoms with Crippen molar-refractivity contribution in [1.29, 1.82) is 0 Å². The molecule has 0 spiro atoms. The van der Waals surface area contributed by atoms with Crippen LogP contribution in [0, 0.1) is 5.82 Å². The van der Waals surface area contributed by atoms with Crippen molar-refractivity contribution in [3.05, 3.63) is 58.2 Å². The van der Waals surface area contributed by atoms with Crippen LogP contribution in [-0.2, 0) is 0 Å². The molecule has 0 bridgehead atoms. The van der Waals surface area contributed by atoms with Crippen LogP contribution >= 0.6 is 15.9 Å². The molecular formula is C11H9BrFNO. The van der Waals surface area contributed by atoms with Gasteiger partial charge in [-0.2, -0.15) is 0 Å². The third-order valence-corrected chi connectivity index (χ3v) is 2.53. The van der Waals surface area contributed by atoms with E-state index in [1.807, 2.05) is 0 Å². The van der Waals surface area contributed by atoms with Gasteiger partial charge < -0.3 is 10.2 Å². The smallest absolute Gasteiger partial charge is 0.169 e. The molecule has 78 valence electrons. The van der Waals surface area contributed by atoms with E-state index in [1.54, 1.807) is 24.3 Å². The summed E-state index contributed by atoms with van der Waals surface area (Å²) in [4.78, 5) is 0. The molecule has 2 aromatic rings. The third-order valence-electron chi connectivity index (χ3n) is 2.11. The van der Waals surface area contributed by atoms with E-state index in [1.165, 1.54) is 12.1 Å². The molecule has 15 heavy (non-hydrogen) atoms. The van der Waals surface area contributed by atoms with Crippen molar-refractivity contribution >= 4 is 15.9 Å². The number of nitrogens with two attached hydrogens (primary N) is 1. The lowest BCUT2D eigenvalue weighted by molar-refractivity contribution is 0.469. The van der Waals surface area contributed by atoms with Gasteiger partial charge in [-0.05, 0) is 45.8 Å². The molecule has 0 aliphatic rings. The Hall–Kier alpha value is -1.13. The van der Waals surface area contributed by atoms with E-state index in [0.717, 1.165) is 0 Å². The highest BCUT2D eigenvalue weighted by atomic mass is 79.9. The second-order valence-corrected chi connectivity index (χ2v) is 3.96. The van der Waals surface area contributed by atoms with E-state index in [9.17, 15) is 4.39 Å². The van der Waals surface area contributed by atoms with Crippen molar-refractivity contribution in [3.63, 3.8) is 0 Å². The van der Waals surface area contributed by atoms with Gasteiger partial charge in [0.25, 0.3) is 0 Å². The SMILES string of the molecule is NC(c1cccc(F)c1)c1ccc(Br)o1. The molecule has 1 atom stereocenters. The summed E-state index contributed by atoms with van der Waals surface area (Å²) < 4.78 is 18.9. The maximum atomic E-state index is 13.0. The fraction of sp³-hybridized carbons (Fsp3) is 0.0909. The summed E-state index contributed by atoms with van der Waals surface area (Å²) in [7, 11) is 0. The van der Waals surface area contributed by atoms with E-state index in [0.29, 0.717) is 16.0 Å². The van der Waals surface area contributed by atoms with E-state index in [-0.39, 0.29) is 5.82 Å². The van der Waals surface area contributed by atoms with Crippen LogP contribution in [0.3, 0.4) is 0 Å². The Morgan fingerprint density at radius 3 is 2.67 bits per heavy atom. The van der Waals surface area contributed by atoms with Crippen molar-refractivity contribution in [2.24, 2.45) is 5.73 Å². The zero-order valence-corrected chi connectivity index (χ0v) is 9.37.